The average Bonchev–Trinajstić information content (AvgIpc) is 3.38. The minimum absolute atomic E-state index is 0.0849. The molecular formula is C27H25N3O3. The Balaban J connectivity index is 1.54. The molecule has 0 bridgehead atoms. The molecule has 0 saturated heterocycles. The highest BCUT2D eigenvalue weighted by Gasteiger charge is 2.42. The van der Waals surface area contributed by atoms with E-state index in [1.54, 1.807) is 19.2 Å². The number of para-hydroxylation sites is 1. The monoisotopic (exact) mass is 439 g/mol. The molecule has 3 aromatic carbocycles. The Morgan fingerprint density at radius 3 is 2.45 bits per heavy atom. The third kappa shape index (κ3) is 3.74. The molecule has 1 atom stereocenters. The third-order valence-electron chi connectivity index (χ3n) is 6.22. The molecule has 1 amide bonds. The summed E-state index contributed by atoms with van der Waals surface area (Å²) in [7, 11) is 1.65. The van der Waals surface area contributed by atoms with E-state index in [-0.39, 0.29) is 17.7 Å². The number of nitrogens with zero attached hydrogens (tertiary/aromatic N) is 2. The molecule has 6 heteroatoms. The van der Waals surface area contributed by atoms with Gasteiger partial charge >= 0.3 is 0 Å². The zero-order valence-corrected chi connectivity index (χ0v) is 18.6. The number of aromatic amines is 1. The van der Waals surface area contributed by atoms with E-state index >= 15 is 0 Å². The second-order valence-corrected chi connectivity index (χ2v) is 8.29. The summed E-state index contributed by atoms with van der Waals surface area (Å²) in [5.41, 5.74) is 5.79. The van der Waals surface area contributed by atoms with E-state index in [0.717, 1.165) is 28.0 Å². The summed E-state index contributed by atoms with van der Waals surface area (Å²) >= 11 is 0. The lowest BCUT2D eigenvalue weighted by molar-refractivity contribution is 0.0746. The number of fused-ring (bicyclic) bond motifs is 1. The van der Waals surface area contributed by atoms with E-state index in [2.05, 4.69) is 34.5 Å². The molecule has 33 heavy (non-hydrogen) atoms. The molecule has 2 heterocycles. The number of nitrogens with one attached hydrogen (secondary N) is 1. The summed E-state index contributed by atoms with van der Waals surface area (Å²) in [6.07, 6.45) is 0.710. The van der Waals surface area contributed by atoms with Crippen molar-refractivity contribution in [2.24, 2.45) is 0 Å². The van der Waals surface area contributed by atoms with Gasteiger partial charge < -0.3 is 14.7 Å². The molecule has 5 rings (SSSR count). The highest BCUT2D eigenvalue weighted by atomic mass is 16.5. The van der Waals surface area contributed by atoms with Crippen molar-refractivity contribution in [1.82, 2.24) is 15.1 Å². The van der Waals surface area contributed by atoms with E-state index in [1.165, 1.54) is 0 Å². The number of phenolic OH excluding ortho intramolecular Hbond substituents is 1. The van der Waals surface area contributed by atoms with Crippen molar-refractivity contribution in [3.05, 3.63) is 101 Å². The second kappa shape index (κ2) is 8.47. The summed E-state index contributed by atoms with van der Waals surface area (Å²) in [5.74, 6) is 0.860. The minimum atomic E-state index is -0.292. The van der Waals surface area contributed by atoms with Crippen molar-refractivity contribution < 1.29 is 14.6 Å². The quantitative estimate of drug-likeness (QED) is 0.449. The predicted molar refractivity (Wildman–Crippen MR) is 126 cm³/mol. The number of ether oxygens (including phenoxy) is 1. The summed E-state index contributed by atoms with van der Waals surface area (Å²) in [6.45, 7) is 2.59. The molecule has 6 nitrogen and oxygen atoms in total. The molecule has 166 valence electrons. The summed E-state index contributed by atoms with van der Waals surface area (Å²) in [5, 5.41) is 17.9. The van der Waals surface area contributed by atoms with Crippen LogP contribution in [0.1, 0.15) is 38.8 Å². The Morgan fingerprint density at radius 2 is 1.76 bits per heavy atom. The second-order valence-electron chi connectivity index (χ2n) is 8.29. The third-order valence-corrected chi connectivity index (χ3v) is 6.22. The topological polar surface area (TPSA) is 78.5 Å². The van der Waals surface area contributed by atoms with Gasteiger partial charge in [-0.3, -0.25) is 9.89 Å². The molecule has 2 N–H and O–H groups in total. The van der Waals surface area contributed by atoms with Gasteiger partial charge in [-0.25, -0.2) is 0 Å². The number of phenols is 1. The summed E-state index contributed by atoms with van der Waals surface area (Å²) < 4.78 is 5.25. The number of carbonyl (C=O) groups is 1. The number of H-pyrrole nitrogens is 1. The molecule has 0 fully saturated rings. The molecular weight excluding hydrogens is 414 g/mol. The molecule has 0 radical (unpaired) electrons. The van der Waals surface area contributed by atoms with Gasteiger partial charge in [-0.2, -0.15) is 5.10 Å². The van der Waals surface area contributed by atoms with Crippen LogP contribution >= 0.6 is 0 Å². The zero-order valence-electron chi connectivity index (χ0n) is 18.6. The number of hydrogen-bond donors (Lipinski definition) is 2. The maximum Gasteiger partial charge on any atom is 0.273 e. The largest absolute Gasteiger partial charge is 0.507 e. The van der Waals surface area contributed by atoms with Gasteiger partial charge in [-0.1, -0.05) is 54.1 Å². The van der Waals surface area contributed by atoms with Gasteiger partial charge in [-0.15, -0.1) is 0 Å². The summed E-state index contributed by atoms with van der Waals surface area (Å²) in [6, 6.07) is 22.9. The van der Waals surface area contributed by atoms with E-state index in [0.29, 0.717) is 29.9 Å². The standard InChI is InChI=1S/C27H25N3O3/c1-17-7-11-19(12-8-17)26-23-24(21-5-3-4-6-22(21)31)28-29-25(23)27(32)30(26)16-15-18-9-13-20(33-2)14-10-18/h3-14,26,31H,15-16H2,1-2H3,(H,28,29). The number of methoxy groups -OCH3 is 1. The first-order valence-corrected chi connectivity index (χ1v) is 10.9. The number of carbonyl (C=O) groups excluding carboxylic acids is 1. The smallest absolute Gasteiger partial charge is 0.273 e. The Bertz CT molecular complexity index is 1290. The molecule has 4 aromatic rings. The number of rotatable bonds is 6. The van der Waals surface area contributed by atoms with Crippen LogP contribution in [-0.4, -0.2) is 39.8 Å². The number of amides is 1. The minimum Gasteiger partial charge on any atom is -0.507 e. The lowest BCUT2D eigenvalue weighted by atomic mass is 9.95. The van der Waals surface area contributed by atoms with E-state index in [9.17, 15) is 9.90 Å². The fraction of sp³-hybridized carbons (Fsp3) is 0.185. The van der Waals surface area contributed by atoms with Gasteiger partial charge in [0.15, 0.2) is 0 Å². The molecule has 0 aliphatic carbocycles. The fourth-order valence-electron chi connectivity index (χ4n) is 4.44. The van der Waals surface area contributed by atoms with Crippen molar-refractivity contribution >= 4 is 5.91 Å². The fourth-order valence-corrected chi connectivity index (χ4v) is 4.44. The molecule has 1 unspecified atom stereocenters. The average molecular weight is 440 g/mol. The lowest BCUT2D eigenvalue weighted by Gasteiger charge is -2.26. The highest BCUT2D eigenvalue weighted by Crippen LogP contribution is 2.44. The first-order valence-electron chi connectivity index (χ1n) is 10.9. The van der Waals surface area contributed by atoms with Crippen LogP contribution in [0.5, 0.6) is 11.5 Å². The predicted octanol–water partition coefficient (Wildman–Crippen LogP) is 4.89. The van der Waals surface area contributed by atoms with Crippen LogP contribution in [0.25, 0.3) is 11.3 Å². The van der Waals surface area contributed by atoms with Crippen LogP contribution in [0.2, 0.25) is 0 Å². The molecule has 1 aromatic heterocycles. The van der Waals surface area contributed by atoms with E-state index in [1.807, 2.05) is 48.2 Å². The normalized spacial score (nSPS) is 15.0. The van der Waals surface area contributed by atoms with Gasteiger partial charge in [0.1, 0.15) is 22.9 Å². The zero-order chi connectivity index (χ0) is 22.9. The van der Waals surface area contributed by atoms with Crippen molar-refractivity contribution in [3.63, 3.8) is 0 Å². The van der Waals surface area contributed by atoms with Gasteiger partial charge in [0.05, 0.1) is 13.2 Å². The molecule has 0 saturated carbocycles. The number of hydrogen-bond acceptors (Lipinski definition) is 4. The Kier molecular flexibility index (Phi) is 5.34. The first-order chi connectivity index (χ1) is 16.1. The number of aromatic nitrogens is 2. The van der Waals surface area contributed by atoms with Crippen molar-refractivity contribution in [2.45, 2.75) is 19.4 Å². The number of aromatic hydroxyl groups is 1. The van der Waals surface area contributed by atoms with Crippen molar-refractivity contribution in [2.75, 3.05) is 13.7 Å². The van der Waals surface area contributed by atoms with Gasteiger partial charge in [0.25, 0.3) is 5.91 Å². The number of benzene rings is 3. The van der Waals surface area contributed by atoms with Crippen molar-refractivity contribution in [1.29, 1.82) is 0 Å². The van der Waals surface area contributed by atoms with E-state index < -0.39 is 0 Å². The molecule has 0 spiro atoms. The molecule has 1 aliphatic rings. The van der Waals surface area contributed by atoms with Gasteiger partial charge in [-0.05, 0) is 48.7 Å². The van der Waals surface area contributed by atoms with Crippen LogP contribution in [0.15, 0.2) is 72.8 Å². The SMILES string of the molecule is COc1ccc(CCN2C(=O)c3[nH]nc(-c4ccccc4O)c3C2c2ccc(C)cc2)cc1. The maximum atomic E-state index is 13.5. The van der Waals surface area contributed by atoms with Crippen LogP contribution in [-0.2, 0) is 6.42 Å². The Hall–Kier alpha value is -4.06. The Labute approximate surface area is 192 Å². The van der Waals surface area contributed by atoms with E-state index in [4.69, 9.17) is 4.74 Å². The number of aryl methyl sites for hydroxylation is 1. The van der Waals surface area contributed by atoms with Crippen LogP contribution < -0.4 is 4.74 Å². The summed E-state index contributed by atoms with van der Waals surface area (Å²) in [4.78, 5) is 15.4. The maximum absolute atomic E-state index is 13.5. The van der Waals surface area contributed by atoms with Crippen molar-refractivity contribution in [3.8, 4) is 22.8 Å². The van der Waals surface area contributed by atoms with Crippen LogP contribution in [0.4, 0.5) is 0 Å². The lowest BCUT2D eigenvalue weighted by Crippen LogP contribution is -2.31. The van der Waals surface area contributed by atoms with Crippen LogP contribution in [0, 0.1) is 6.92 Å². The highest BCUT2D eigenvalue weighted by molar-refractivity contribution is 6.00. The Morgan fingerprint density at radius 1 is 1.03 bits per heavy atom. The van der Waals surface area contributed by atoms with Crippen LogP contribution in [0.3, 0.4) is 0 Å². The van der Waals surface area contributed by atoms with Gasteiger partial charge in [0.2, 0.25) is 0 Å². The first kappa shape index (κ1) is 20.8. The van der Waals surface area contributed by atoms with Gasteiger partial charge in [0, 0.05) is 17.7 Å². The molecule has 1 aliphatic heterocycles.